The summed E-state index contributed by atoms with van der Waals surface area (Å²) in [5.41, 5.74) is 3.16. The Kier molecular flexibility index (Phi) is 4.86. The highest BCUT2D eigenvalue weighted by molar-refractivity contribution is 6.21. The molecule has 21 heavy (non-hydrogen) atoms. The van der Waals surface area contributed by atoms with Crippen LogP contribution in [0.4, 0.5) is 5.69 Å². The van der Waals surface area contributed by atoms with E-state index < -0.39 is 0 Å². The van der Waals surface area contributed by atoms with Gasteiger partial charge in [0.05, 0.1) is 12.5 Å². The molecular formula is C17H18ClNO2. The van der Waals surface area contributed by atoms with E-state index in [-0.39, 0.29) is 11.3 Å². The van der Waals surface area contributed by atoms with Crippen molar-refractivity contribution in [3.63, 3.8) is 0 Å². The Morgan fingerprint density at radius 1 is 1.24 bits per heavy atom. The summed E-state index contributed by atoms with van der Waals surface area (Å²) in [5, 5.41) is 2.73. The third-order valence-corrected chi connectivity index (χ3v) is 3.54. The fourth-order valence-electron chi connectivity index (χ4n) is 2.11. The van der Waals surface area contributed by atoms with Gasteiger partial charge in [0.1, 0.15) is 5.75 Å². The van der Waals surface area contributed by atoms with E-state index in [1.807, 2.05) is 44.2 Å². The smallest absolute Gasteiger partial charge is 0.255 e. The number of aryl methyl sites for hydroxylation is 1. The fraction of sp³-hybridized carbons (Fsp3) is 0.235. The van der Waals surface area contributed by atoms with E-state index in [9.17, 15) is 4.79 Å². The standard InChI is InChI=1S/C17H18ClNO2/c1-11-8-9-13(10-16(11)21-3)17(20)19-15-7-5-4-6-14(15)12(2)18/h4-10,12H,1-3H3,(H,19,20). The van der Waals surface area contributed by atoms with Crippen LogP contribution < -0.4 is 10.1 Å². The second-order valence-corrected chi connectivity index (χ2v) is 5.50. The topological polar surface area (TPSA) is 38.3 Å². The first kappa shape index (κ1) is 15.4. The lowest BCUT2D eigenvalue weighted by atomic mass is 10.1. The van der Waals surface area contributed by atoms with Gasteiger partial charge >= 0.3 is 0 Å². The van der Waals surface area contributed by atoms with Gasteiger partial charge < -0.3 is 10.1 Å². The van der Waals surface area contributed by atoms with E-state index in [0.29, 0.717) is 11.3 Å². The van der Waals surface area contributed by atoms with E-state index in [4.69, 9.17) is 16.3 Å². The Hall–Kier alpha value is -2.00. The molecule has 0 aliphatic carbocycles. The molecule has 3 nitrogen and oxygen atoms in total. The van der Waals surface area contributed by atoms with Gasteiger partial charge in [0.25, 0.3) is 5.91 Å². The number of amides is 1. The number of alkyl halides is 1. The van der Waals surface area contributed by atoms with Gasteiger partial charge in [0, 0.05) is 11.3 Å². The summed E-state index contributed by atoms with van der Waals surface area (Å²) in [6.45, 7) is 3.81. The van der Waals surface area contributed by atoms with E-state index in [0.717, 1.165) is 16.8 Å². The molecule has 0 aliphatic rings. The summed E-state index contributed by atoms with van der Waals surface area (Å²) in [7, 11) is 1.59. The number of carbonyl (C=O) groups excluding carboxylic acids is 1. The van der Waals surface area contributed by atoms with E-state index >= 15 is 0 Å². The second kappa shape index (κ2) is 6.64. The van der Waals surface area contributed by atoms with E-state index in [2.05, 4.69) is 5.32 Å². The van der Waals surface area contributed by atoms with Crippen molar-refractivity contribution < 1.29 is 9.53 Å². The van der Waals surface area contributed by atoms with Gasteiger partial charge in [-0.1, -0.05) is 24.3 Å². The largest absolute Gasteiger partial charge is 0.496 e. The monoisotopic (exact) mass is 303 g/mol. The predicted molar refractivity (Wildman–Crippen MR) is 86.4 cm³/mol. The number of hydrogen-bond donors (Lipinski definition) is 1. The molecule has 0 radical (unpaired) electrons. The van der Waals surface area contributed by atoms with Crippen LogP contribution in [0.2, 0.25) is 0 Å². The van der Waals surface area contributed by atoms with Crippen molar-refractivity contribution in [2.45, 2.75) is 19.2 Å². The molecule has 0 fully saturated rings. The summed E-state index contributed by atoms with van der Waals surface area (Å²) in [6.07, 6.45) is 0. The van der Waals surface area contributed by atoms with Crippen LogP contribution in [0.25, 0.3) is 0 Å². The number of methoxy groups -OCH3 is 1. The van der Waals surface area contributed by atoms with Crippen LogP contribution in [0.5, 0.6) is 5.75 Å². The SMILES string of the molecule is COc1cc(C(=O)Nc2ccccc2C(C)Cl)ccc1C. The molecule has 0 saturated carbocycles. The number of benzene rings is 2. The minimum absolute atomic E-state index is 0.172. The first-order valence-electron chi connectivity index (χ1n) is 6.72. The zero-order valence-corrected chi connectivity index (χ0v) is 13.1. The zero-order valence-electron chi connectivity index (χ0n) is 12.3. The highest BCUT2D eigenvalue weighted by Crippen LogP contribution is 2.28. The molecule has 0 bridgehead atoms. The van der Waals surface area contributed by atoms with Gasteiger partial charge in [-0.15, -0.1) is 11.6 Å². The number of para-hydroxylation sites is 1. The maximum absolute atomic E-state index is 12.4. The maximum Gasteiger partial charge on any atom is 0.255 e. The average molecular weight is 304 g/mol. The highest BCUT2D eigenvalue weighted by atomic mass is 35.5. The van der Waals surface area contributed by atoms with Crippen LogP contribution in [0.3, 0.4) is 0 Å². The van der Waals surface area contributed by atoms with Crippen LogP contribution in [0, 0.1) is 6.92 Å². The lowest BCUT2D eigenvalue weighted by Crippen LogP contribution is -2.13. The molecule has 2 aromatic rings. The Morgan fingerprint density at radius 3 is 2.62 bits per heavy atom. The van der Waals surface area contributed by atoms with Gasteiger partial charge in [-0.25, -0.2) is 0 Å². The number of nitrogens with one attached hydrogen (secondary N) is 1. The number of halogens is 1. The van der Waals surface area contributed by atoms with Crippen molar-refractivity contribution in [3.8, 4) is 5.75 Å². The zero-order chi connectivity index (χ0) is 15.4. The van der Waals surface area contributed by atoms with Crippen LogP contribution in [-0.2, 0) is 0 Å². The van der Waals surface area contributed by atoms with E-state index in [1.54, 1.807) is 19.2 Å². The maximum atomic E-state index is 12.4. The molecule has 110 valence electrons. The molecule has 1 amide bonds. The third-order valence-electron chi connectivity index (χ3n) is 3.31. The quantitative estimate of drug-likeness (QED) is 0.841. The summed E-state index contributed by atoms with van der Waals surface area (Å²) in [4.78, 5) is 12.4. The van der Waals surface area contributed by atoms with Crippen molar-refractivity contribution in [3.05, 3.63) is 59.2 Å². The van der Waals surface area contributed by atoms with Crippen molar-refractivity contribution in [2.75, 3.05) is 12.4 Å². The van der Waals surface area contributed by atoms with Crippen molar-refractivity contribution in [1.29, 1.82) is 0 Å². The summed E-state index contributed by atoms with van der Waals surface area (Å²) < 4.78 is 5.25. The lowest BCUT2D eigenvalue weighted by molar-refractivity contribution is 0.102. The Morgan fingerprint density at radius 2 is 1.95 bits per heavy atom. The number of carbonyl (C=O) groups is 1. The molecule has 1 unspecified atom stereocenters. The number of hydrogen-bond acceptors (Lipinski definition) is 2. The molecule has 1 N–H and O–H groups in total. The molecule has 0 aromatic heterocycles. The van der Waals surface area contributed by atoms with Gasteiger partial charge in [-0.3, -0.25) is 4.79 Å². The van der Waals surface area contributed by atoms with Crippen LogP contribution in [0.15, 0.2) is 42.5 Å². The highest BCUT2D eigenvalue weighted by Gasteiger charge is 2.13. The molecule has 0 spiro atoms. The average Bonchev–Trinajstić information content (AvgIpc) is 2.48. The minimum Gasteiger partial charge on any atom is -0.496 e. The number of ether oxygens (including phenoxy) is 1. The first-order valence-corrected chi connectivity index (χ1v) is 7.15. The molecular weight excluding hydrogens is 286 g/mol. The summed E-state index contributed by atoms with van der Waals surface area (Å²) in [6, 6.07) is 12.9. The Labute approximate surface area is 129 Å². The van der Waals surface area contributed by atoms with Crippen LogP contribution >= 0.6 is 11.6 Å². The van der Waals surface area contributed by atoms with E-state index in [1.165, 1.54) is 0 Å². The van der Waals surface area contributed by atoms with Crippen molar-refractivity contribution in [1.82, 2.24) is 0 Å². The number of rotatable bonds is 4. The van der Waals surface area contributed by atoms with Crippen molar-refractivity contribution >= 4 is 23.2 Å². The Bertz CT molecular complexity index is 653. The lowest BCUT2D eigenvalue weighted by Gasteiger charge is -2.13. The van der Waals surface area contributed by atoms with Gasteiger partial charge in [0.15, 0.2) is 0 Å². The normalized spacial score (nSPS) is 11.8. The molecule has 4 heteroatoms. The predicted octanol–water partition coefficient (Wildman–Crippen LogP) is 4.56. The summed E-state index contributed by atoms with van der Waals surface area (Å²) in [5.74, 6) is 0.514. The Balaban J connectivity index is 2.26. The molecule has 2 rings (SSSR count). The molecule has 2 aromatic carbocycles. The van der Waals surface area contributed by atoms with Crippen LogP contribution in [0.1, 0.15) is 33.8 Å². The molecule has 1 atom stereocenters. The van der Waals surface area contributed by atoms with Crippen molar-refractivity contribution in [2.24, 2.45) is 0 Å². The van der Waals surface area contributed by atoms with Crippen LogP contribution in [-0.4, -0.2) is 13.0 Å². The number of anilines is 1. The summed E-state index contributed by atoms with van der Waals surface area (Å²) >= 11 is 6.13. The van der Waals surface area contributed by atoms with Gasteiger partial charge in [0.2, 0.25) is 0 Å². The molecule has 0 aliphatic heterocycles. The minimum atomic E-state index is -0.182. The first-order chi connectivity index (χ1) is 10.0. The van der Waals surface area contributed by atoms with Gasteiger partial charge in [-0.05, 0) is 43.2 Å². The van der Waals surface area contributed by atoms with Gasteiger partial charge in [-0.2, -0.15) is 0 Å². The fourth-order valence-corrected chi connectivity index (χ4v) is 2.30. The third kappa shape index (κ3) is 3.56. The molecule has 0 saturated heterocycles. The molecule has 0 heterocycles. The second-order valence-electron chi connectivity index (χ2n) is 4.84.